The summed E-state index contributed by atoms with van der Waals surface area (Å²) >= 11 is 0. The number of likely N-dealkylation sites (tertiary alicyclic amines) is 1. The molecule has 6 N–H and O–H groups in total. The number of aryl methyl sites for hydroxylation is 1. The number of nitrogens with two attached hydrogens (primary N) is 1. The highest BCUT2D eigenvalue weighted by molar-refractivity contribution is 6.07. The van der Waals surface area contributed by atoms with E-state index in [1.165, 1.54) is 10.6 Å². The van der Waals surface area contributed by atoms with Gasteiger partial charge in [-0.05, 0) is 66.8 Å². The van der Waals surface area contributed by atoms with Crippen molar-refractivity contribution in [2.24, 2.45) is 11.7 Å². The number of imide groups is 1. The Labute approximate surface area is 423 Å². The van der Waals surface area contributed by atoms with Crippen molar-refractivity contribution >= 4 is 63.8 Å². The number of amides is 5. The number of aliphatic hydroxyl groups is 1. The Morgan fingerprint density at radius 1 is 0.973 bits per heavy atom. The number of carbonyl (C=O) groups is 9. The molecule has 8 rings (SSSR count). The van der Waals surface area contributed by atoms with Gasteiger partial charge in [-0.15, -0.1) is 0 Å². The number of benzene rings is 2. The monoisotopic (exact) mass is 1020 g/mol. The number of aromatic nitrogens is 2. The minimum absolute atomic E-state index is 0.0165. The Morgan fingerprint density at radius 3 is 2.42 bits per heavy atom. The van der Waals surface area contributed by atoms with E-state index >= 15 is 4.39 Å². The number of nitrogens with zero attached hydrogens (tertiary/aromatic N) is 3. The number of halogens is 1. The summed E-state index contributed by atoms with van der Waals surface area (Å²) < 4.78 is 27.7. The molecule has 21 heteroatoms. The molecule has 4 aromatic rings. The van der Waals surface area contributed by atoms with Gasteiger partial charge in [-0.25, -0.2) is 14.2 Å². The lowest BCUT2D eigenvalue weighted by atomic mass is 9.76. The third kappa shape index (κ3) is 10.5. The molecule has 20 nitrogen and oxygen atoms in total. The van der Waals surface area contributed by atoms with Crippen LogP contribution in [-0.4, -0.2) is 111 Å². The number of hydrogen-bond acceptors (Lipinski definition) is 15. The van der Waals surface area contributed by atoms with E-state index in [2.05, 4.69) is 16.0 Å². The largest absolute Gasteiger partial charge is 0.458 e. The molecule has 5 amide bonds. The minimum Gasteiger partial charge on any atom is -0.458 e. The molecular formula is C53H58FN7O13. The Kier molecular flexibility index (Phi) is 15.7. The Bertz CT molecular complexity index is 3070. The van der Waals surface area contributed by atoms with Crippen LogP contribution in [0.3, 0.4) is 0 Å². The molecule has 5 heterocycles. The molecule has 1 fully saturated rings. The standard InChI is InChI=1S/C53H58FN7O13/c1-4-53(72)36-19-40-48-34(23-60(40)51(70)35(36)25-74-52(53)71)46-30(10-12-33-28(3)37(54)20-39(59-48)47(33)46)18-32(63)24-73-26-57-43(65)15-13-42(64)38(17-29-8-6-5-7-9-29)58-44(66)14-11-31(62)22-56-49(68)41(21-55)61-45(67)16-27(2)50(61)69/h5-9,19-20,27,30,38,41,72H,4,10-18,21-26,55H2,1-3H3,(H,56,68)(H,57,65)(H,58,66)/t27?,30-,38-,41+,53-/m0/s1. The van der Waals surface area contributed by atoms with E-state index < -0.39 is 88.6 Å². The van der Waals surface area contributed by atoms with E-state index in [1.807, 2.05) is 0 Å². The fourth-order valence-corrected chi connectivity index (χ4v) is 10.5. The van der Waals surface area contributed by atoms with Gasteiger partial charge in [0.05, 0.1) is 41.6 Å². The van der Waals surface area contributed by atoms with E-state index in [9.17, 15) is 53.1 Å². The number of Topliss-reactive ketones (excluding diaryl/α,β-unsaturated/α-hetero) is 3. The van der Waals surface area contributed by atoms with E-state index in [1.54, 1.807) is 57.2 Å². The van der Waals surface area contributed by atoms with Crippen molar-refractivity contribution in [1.82, 2.24) is 30.4 Å². The molecular weight excluding hydrogens is 962 g/mol. The van der Waals surface area contributed by atoms with Crippen molar-refractivity contribution in [2.45, 2.75) is 122 Å². The smallest absolute Gasteiger partial charge is 0.343 e. The number of ketones is 3. The molecule has 2 aromatic carbocycles. The fourth-order valence-electron chi connectivity index (χ4n) is 10.5. The molecule has 4 aliphatic rings. The summed E-state index contributed by atoms with van der Waals surface area (Å²) in [5.41, 5.74) is 7.99. The maximum Gasteiger partial charge on any atom is 0.343 e. The zero-order valence-corrected chi connectivity index (χ0v) is 41.3. The minimum atomic E-state index is -2.04. The van der Waals surface area contributed by atoms with Gasteiger partial charge in [0.25, 0.3) is 5.56 Å². The second-order valence-electron chi connectivity index (χ2n) is 19.4. The molecule has 1 aliphatic carbocycles. The highest BCUT2D eigenvalue weighted by Gasteiger charge is 2.46. The fraction of sp³-hybridized carbons (Fsp3) is 0.453. The lowest BCUT2D eigenvalue weighted by Crippen LogP contribution is -2.54. The lowest BCUT2D eigenvalue weighted by Gasteiger charge is -2.31. The van der Waals surface area contributed by atoms with Gasteiger partial charge in [0.15, 0.2) is 23.0 Å². The first-order valence-electron chi connectivity index (χ1n) is 24.7. The second-order valence-corrected chi connectivity index (χ2v) is 19.4. The Hall–Kier alpha value is -7.36. The molecule has 0 bridgehead atoms. The van der Waals surface area contributed by atoms with Gasteiger partial charge in [-0.2, -0.15) is 0 Å². The van der Waals surface area contributed by atoms with Crippen LogP contribution in [0, 0.1) is 18.7 Å². The maximum absolute atomic E-state index is 15.4. The van der Waals surface area contributed by atoms with E-state index in [-0.39, 0.29) is 107 Å². The first-order chi connectivity index (χ1) is 35.3. The first-order valence-corrected chi connectivity index (χ1v) is 24.7. The number of carbonyl (C=O) groups excluding carboxylic acids is 9. The van der Waals surface area contributed by atoms with Gasteiger partial charge in [-0.1, -0.05) is 44.2 Å². The van der Waals surface area contributed by atoms with Crippen molar-refractivity contribution in [3.8, 4) is 11.4 Å². The van der Waals surface area contributed by atoms with Gasteiger partial charge < -0.3 is 40.8 Å². The van der Waals surface area contributed by atoms with Crippen molar-refractivity contribution in [3.63, 3.8) is 0 Å². The second kappa shape index (κ2) is 22.0. The van der Waals surface area contributed by atoms with Crippen LogP contribution >= 0.6 is 0 Å². The van der Waals surface area contributed by atoms with Crippen LogP contribution in [0.4, 0.5) is 4.39 Å². The molecule has 74 heavy (non-hydrogen) atoms. The number of ether oxygens (including phenoxy) is 2. The Morgan fingerprint density at radius 2 is 1.72 bits per heavy atom. The molecule has 1 unspecified atom stereocenters. The van der Waals surface area contributed by atoms with Crippen LogP contribution in [0.2, 0.25) is 0 Å². The van der Waals surface area contributed by atoms with Gasteiger partial charge in [0, 0.05) is 73.6 Å². The van der Waals surface area contributed by atoms with Crippen molar-refractivity contribution in [2.75, 3.05) is 26.4 Å². The molecule has 1 saturated heterocycles. The van der Waals surface area contributed by atoms with Crippen LogP contribution in [0.15, 0.2) is 47.3 Å². The van der Waals surface area contributed by atoms with Crippen LogP contribution in [-0.2, 0) is 84.2 Å². The third-order valence-corrected chi connectivity index (χ3v) is 14.5. The molecule has 0 saturated carbocycles. The van der Waals surface area contributed by atoms with Gasteiger partial charge in [0.2, 0.25) is 29.5 Å². The molecule has 0 spiro atoms. The summed E-state index contributed by atoms with van der Waals surface area (Å²) in [5, 5.41) is 19.7. The average Bonchev–Trinajstić information content (AvgIpc) is 3.88. The number of cyclic esters (lactones) is 1. The normalized spacial score (nSPS) is 19.3. The van der Waals surface area contributed by atoms with Crippen molar-refractivity contribution in [1.29, 1.82) is 0 Å². The Balaban J connectivity index is 0.841. The number of nitrogens with one attached hydrogen (secondary N) is 3. The first kappa shape index (κ1) is 52.9. The van der Waals surface area contributed by atoms with Crippen LogP contribution in [0.1, 0.15) is 110 Å². The molecule has 2 aromatic heterocycles. The van der Waals surface area contributed by atoms with E-state index in [4.69, 9.17) is 20.2 Å². The predicted octanol–water partition coefficient (Wildman–Crippen LogP) is 1.87. The summed E-state index contributed by atoms with van der Waals surface area (Å²) in [4.78, 5) is 136. The van der Waals surface area contributed by atoms with Crippen molar-refractivity contribution in [3.05, 3.63) is 97.6 Å². The van der Waals surface area contributed by atoms with Gasteiger partial charge in [-0.3, -0.25) is 48.1 Å². The summed E-state index contributed by atoms with van der Waals surface area (Å²) in [7, 11) is 0. The molecule has 3 aliphatic heterocycles. The quantitative estimate of drug-likeness (QED) is 0.0286. The SMILES string of the molecule is CC[C@@]1(O)C(=O)OCc2c1cc1n(c2=O)Cc2c-1nc1cc(F)c(C)c3c1c2[C@H](CC(=O)COCNC(=O)CCC(=O)[C@H](Cc1ccccc1)NC(=O)CCC(=O)CNC(=O)[C@@H](CN)N1C(=O)CC(C)C1=O)CC3. The topological polar surface area (TPSA) is 293 Å². The number of pyridine rings is 2. The number of rotatable bonds is 22. The van der Waals surface area contributed by atoms with E-state index in [0.717, 1.165) is 21.6 Å². The average molecular weight is 1020 g/mol. The molecule has 5 atom stereocenters. The summed E-state index contributed by atoms with van der Waals surface area (Å²) in [6, 6.07) is 9.44. The molecule has 0 radical (unpaired) electrons. The zero-order chi connectivity index (χ0) is 53.2. The van der Waals surface area contributed by atoms with Crippen LogP contribution < -0.4 is 27.2 Å². The van der Waals surface area contributed by atoms with Gasteiger partial charge in [0.1, 0.15) is 31.8 Å². The van der Waals surface area contributed by atoms with Gasteiger partial charge >= 0.3 is 5.97 Å². The van der Waals surface area contributed by atoms with E-state index in [0.29, 0.717) is 46.3 Å². The number of esters is 1. The predicted molar refractivity (Wildman–Crippen MR) is 261 cm³/mol. The highest BCUT2D eigenvalue weighted by Crippen LogP contribution is 2.47. The maximum atomic E-state index is 15.4. The zero-order valence-electron chi connectivity index (χ0n) is 41.3. The third-order valence-electron chi connectivity index (χ3n) is 14.5. The summed E-state index contributed by atoms with van der Waals surface area (Å²) in [6.45, 7) is 3.10. The number of hydrogen-bond donors (Lipinski definition) is 5. The van der Waals surface area contributed by atoms with Crippen LogP contribution in [0.25, 0.3) is 22.3 Å². The summed E-state index contributed by atoms with van der Waals surface area (Å²) in [5.74, 6) is -6.57. The van der Waals surface area contributed by atoms with Crippen LogP contribution in [0.5, 0.6) is 0 Å². The number of fused-ring (bicyclic) bond motifs is 5. The van der Waals surface area contributed by atoms with Crippen molar-refractivity contribution < 1.29 is 62.1 Å². The lowest BCUT2D eigenvalue weighted by molar-refractivity contribution is -0.172. The molecule has 390 valence electrons. The highest BCUT2D eigenvalue weighted by atomic mass is 19.1. The summed E-state index contributed by atoms with van der Waals surface area (Å²) in [6.07, 6.45) is -0.191.